The second-order valence-electron chi connectivity index (χ2n) is 7.02. The first-order valence-corrected chi connectivity index (χ1v) is 10.2. The molecule has 1 saturated heterocycles. The van der Waals surface area contributed by atoms with Crippen LogP contribution in [0.4, 0.5) is 13.2 Å². The van der Waals surface area contributed by atoms with Gasteiger partial charge in [0.2, 0.25) is 10.0 Å². The van der Waals surface area contributed by atoms with Crippen molar-refractivity contribution in [3.05, 3.63) is 29.2 Å². The highest BCUT2D eigenvalue weighted by Crippen LogP contribution is 2.33. The number of rotatable bonds is 3. The van der Waals surface area contributed by atoms with Crippen LogP contribution in [-0.2, 0) is 16.2 Å². The van der Waals surface area contributed by atoms with Crippen molar-refractivity contribution < 1.29 is 21.6 Å². The Bertz CT molecular complexity index is 921. The van der Waals surface area contributed by atoms with Gasteiger partial charge in [0.1, 0.15) is 5.69 Å². The summed E-state index contributed by atoms with van der Waals surface area (Å²) in [6.07, 6.45) is -2.10. The van der Waals surface area contributed by atoms with E-state index in [9.17, 15) is 21.6 Å². The smallest absolute Gasteiger partial charge is 0.233 e. The van der Waals surface area contributed by atoms with Crippen LogP contribution in [-0.4, -0.2) is 46.7 Å². The van der Waals surface area contributed by atoms with Crippen molar-refractivity contribution >= 4 is 15.7 Å². The molecule has 1 aliphatic heterocycles. The number of piperidine rings is 1. The zero-order valence-corrected chi connectivity index (χ0v) is 15.6. The molecule has 26 heavy (non-hydrogen) atoms. The quantitative estimate of drug-likeness (QED) is 0.808. The summed E-state index contributed by atoms with van der Waals surface area (Å²) < 4.78 is 66.1. The monoisotopic (exact) mass is 390 g/mol. The fourth-order valence-corrected chi connectivity index (χ4v) is 4.11. The molecule has 1 aliphatic rings. The van der Waals surface area contributed by atoms with Gasteiger partial charge in [0.25, 0.3) is 0 Å². The number of alkyl halides is 3. The summed E-state index contributed by atoms with van der Waals surface area (Å²) in [6.45, 7) is 4.20. The summed E-state index contributed by atoms with van der Waals surface area (Å²) in [4.78, 5) is 4.30. The fraction of sp³-hybridized carbons (Fsp3) is 0.625. The Morgan fingerprint density at radius 3 is 2.54 bits per heavy atom. The normalized spacial score (nSPS) is 20.2. The third kappa shape index (κ3) is 3.71. The minimum absolute atomic E-state index is 0.134. The van der Waals surface area contributed by atoms with Gasteiger partial charge < -0.3 is 0 Å². The van der Waals surface area contributed by atoms with Gasteiger partial charge in [-0.25, -0.2) is 22.2 Å². The number of aromatic nitrogens is 3. The third-order valence-corrected chi connectivity index (χ3v) is 5.89. The zero-order valence-electron chi connectivity index (χ0n) is 14.8. The van der Waals surface area contributed by atoms with E-state index in [4.69, 9.17) is 0 Å². The number of nitrogens with zero attached hydrogens (tertiary/aromatic N) is 4. The van der Waals surface area contributed by atoms with Crippen molar-refractivity contribution in [1.82, 2.24) is 18.9 Å². The van der Waals surface area contributed by atoms with Crippen molar-refractivity contribution in [2.45, 2.75) is 44.7 Å². The molecule has 1 atom stereocenters. The summed E-state index contributed by atoms with van der Waals surface area (Å²) in [6, 6.07) is 2.57. The average molecular weight is 390 g/mol. The lowest BCUT2D eigenvalue weighted by Crippen LogP contribution is -2.38. The van der Waals surface area contributed by atoms with Gasteiger partial charge in [-0.1, -0.05) is 13.8 Å². The Morgan fingerprint density at radius 1 is 1.27 bits per heavy atom. The molecule has 6 nitrogen and oxygen atoms in total. The summed E-state index contributed by atoms with van der Waals surface area (Å²) >= 11 is 0. The van der Waals surface area contributed by atoms with E-state index in [1.54, 1.807) is 13.8 Å². The number of halogens is 3. The Hall–Kier alpha value is -1.68. The Balaban J connectivity index is 2.06. The van der Waals surface area contributed by atoms with E-state index in [2.05, 4.69) is 10.1 Å². The van der Waals surface area contributed by atoms with E-state index in [1.165, 1.54) is 10.4 Å². The van der Waals surface area contributed by atoms with Crippen LogP contribution < -0.4 is 0 Å². The second-order valence-corrected chi connectivity index (χ2v) is 9.00. The average Bonchev–Trinajstić information content (AvgIpc) is 2.96. The molecule has 0 saturated carbocycles. The van der Waals surface area contributed by atoms with Gasteiger partial charge in [-0.05, 0) is 24.8 Å². The van der Waals surface area contributed by atoms with E-state index < -0.39 is 21.9 Å². The van der Waals surface area contributed by atoms with E-state index in [-0.39, 0.29) is 24.0 Å². The summed E-state index contributed by atoms with van der Waals surface area (Å²) in [5.74, 6) is -0.404. The molecule has 0 spiro atoms. The standard InChI is InChI=1S/C16H21F3N4O2S/c1-10(2)12-7-14(16(17,18)19)23-15(20-12)8-13(21-23)11-5-4-6-22(9-11)26(3,24)25/h7-8,10-11H,4-6,9H2,1-3H3. The van der Waals surface area contributed by atoms with Crippen LogP contribution in [0.1, 0.15) is 55.6 Å². The largest absolute Gasteiger partial charge is 0.433 e. The summed E-state index contributed by atoms with van der Waals surface area (Å²) in [5, 5.41) is 4.13. The van der Waals surface area contributed by atoms with Crippen LogP contribution >= 0.6 is 0 Å². The number of fused-ring (bicyclic) bond motifs is 1. The minimum Gasteiger partial charge on any atom is -0.233 e. The van der Waals surface area contributed by atoms with Crippen molar-refractivity contribution in [3.63, 3.8) is 0 Å². The van der Waals surface area contributed by atoms with Crippen LogP contribution in [0.3, 0.4) is 0 Å². The molecule has 1 fully saturated rings. The van der Waals surface area contributed by atoms with Gasteiger partial charge in [0, 0.05) is 30.8 Å². The fourth-order valence-electron chi connectivity index (χ4n) is 3.19. The molecule has 0 N–H and O–H groups in total. The molecule has 0 bridgehead atoms. The maximum atomic E-state index is 13.5. The Morgan fingerprint density at radius 2 is 1.96 bits per heavy atom. The molecule has 0 aliphatic carbocycles. The molecular weight excluding hydrogens is 369 g/mol. The van der Waals surface area contributed by atoms with Crippen molar-refractivity contribution in [1.29, 1.82) is 0 Å². The maximum absolute atomic E-state index is 13.5. The summed E-state index contributed by atoms with van der Waals surface area (Å²) in [7, 11) is -3.34. The Labute approximate surface area is 150 Å². The van der Waals surface area contributed by atoms with Gasteiger partial charge in [0.05, 0.1) is 11.9 Å². The van der Waals surface area contributed by atoms with E-state index in [1.807, 2.05) is 0 Å². The first-order chi connectivity index (χ1) is 12.0. The molecule has 3 rings (SSSR count). The Kier molecular flexibility index (Phi) is 4.76. The number of sulfonamides is 1. The minimum atomic E-state index is -4.56. The maximum Gasteiger partial charge on any atom is 0.433 e. The van der Waals surface area contributed by atoms with Crippen LogP contribution in [0.15, 0.2) is 12.1 Å². The molecule has 3 heterocycles. The topological polar surface area (TPSA) is 67.6 Å². The van der Waals surface area contributed by atoms with Crippen LogP contribution in [0.25, 0.3) is 5.65 Å². The van der Waals surface area contributed by atoms with Gasteiger partial charge in [-0.15, -0.1) is 0 Å². The van der Waals surface area contributed by atoms with Crippen molar-refractivity contribution in [2.75, 3.05) is 19.3 Å². The molecule has 144 valence electrons. The molecule has 0 radical (unpaired) electrons. The van der Waals surface area contributed by atoms with E-state index in [0.717, 1.165) is 16.8 Å². The van der Waals surface area contributed by atoms with Crippen LogP contribution in [0.2, 0.25) is 0 Å². The van der Waals surface area contributed by atoms with Crippen LogP contribution in [0, 0.1) is 0 Å². The predicted molar refractivity (Wildman–Crippen MR) is 90.5 cm³/mol. The first-order valence-electron chi connectivity index (χ1n) is 8.39. The molecule has 2 aromatic rings. The molecule has 0 aromatic carbocycles. The highest BCUT2D eigenvalue weighted by Gasteiger charge is 2.36. The molecule has 10 heteroatoms. The molecule has 0 amide bonds. The summed E-state index contributed by atoms with van der Waals surface area (Å²) in [5.41, 5.74) is 0.0539. The highest BCUT2D eigenvalue weighted by atomic mass is 32.2. The van der Waals surface area contributed by atoms with Gasteiger partial charge >= 0.3 is 6.18 Å². The number of hydrogen-bond acceptors (Lipinski definition) is 4. The molecular formula is C16H21F3N4O2S. The molecule has 2 aromatic heterocycles. The first kappa shape index (κ1) is 19.1. The SMILES string of the molecule is CC(C)c1cc(C(F)(F)F)n2nc(C3CCCN(S(C)(=O)=O)C3)cc2n1. The van der Waals surface area contributed by atoms with E-state index in [0.29, 0.717) is 30.8 Å². The third-order valence-electron chi connectivity index (χ3n) is 4.62. The van der Waals surface area contributed by atoms with Gasteiger partial charge in [-0.3, -0.25) is 0 Å². The number of hydrogen-bond donors (Lipinski definition) is 0. The van der Waals surface area contributed by atoms with Crippen molar-refractivity contribution in [2.24, 2.45) is 0 Å². The molecule has 1 unspecified atom stereocenters. The lowest BCUT2D eigenvalue weighted by atomic mass is 9.96. The lowest BCUT2D eigenvalue weighted by molar-refractivity contribution is -0.142. The highest BCUT2D eigenvalue weighted by molar-refractivity contribution is 7.88. The zero-order chi connectivity index (χ0) is 19.3. The lowest BCUT2D eigenvalue weighted by Gasteiger charge is -2.29. The van der Waals surface area contributed by atoms with Crippen LogP contribution in [0.5, 0.6) is 0 Å². The van der Waals surface area contributed by atoms with E-state index >= 15 is 0 Å². The van der Waals surface area contributed by atoms with Gasteiger partial charge in [0.15, 0.2) is 5.65 Å². The van der Waals surface area contributed by atoms with Crippen molar-refractivity contribution in [3.8, 4) is 0 Å². The predicted octanol–water partition coefficient (Wildman–Crippen LogP) is 3.01. The van der Waals surface area contributed by atoms with Gasteiger partial charge in [-0.2, -0.15) is 18.3 Å². The second kappa shape index (κ2) is 6.49.